The van der Waals surface area contributed by atoms with Gasteiger partial charge in [-0.2, -0.15) is 0 Å². The van der Waals surface area contributed by atoms with Crippen LogP contribution >= 0.6 is 0 Å². The average molecular weight is 383 g/mol. The molecule has 0 aliphatic rings. The Labute approximate surface area is 159 Å². The van der Waals surface area contributed by atoms with Crippen molar-refractivity contribution in [1.29, 1.82) is 0 Å². The Hall–Kier alpha value is -2.99. The summed E-state index contributed by atoms with van der Waals surface area (Å²) in [4.78, 5) is 12.9. The predicted molar refractivity (Wildman–Crippen MR) is 103 cm³/mol. The maximum absolute atomic E-state index is 12.9. The Morgan fingerprint density at radius 1 is 0.926 bits per heavy atom. The van der Waals surface area contributed by atoms with Crippen LogP contribution in [0.4, 0.5) is 4.39 Å². The van der Waals surface area contributed by atoms with E-state index in [9.17, 15) is 13.4 Å². The summed E-state index contributed by atoms with van der Waals surface area (Å²) < 4.78 is 29.9. The highest BCUT2D eigenvalue weighted by Crippen LogP contribution is 2.21. The van der Waals surface area contributed by atoms with Gasteiger partial charge < -0.3 is 10.1 Å². The molecule has 0 bridgehead atoms. The number of hydrogen-bond donors (Lipinski definition) is 1. The molecule has 0 spiro atoms. The molecule has 0 radical (unpaired) electrons. The Balaban J connectivity index is 1.55. The Morgan fingerprint density at radius 3 is 2.04 bits per heavy atom. The third kappa shape index (κ3) is 5.24. The second-order valence-electron chi connectivity index (χ2n) is 5.86. The quantitative estimate of drug-likeness (QED) is 0.691. The van der Waals surface area contributed by atoms with Crippen molar-refractivity contribution in [3.05, 3.63) is 89.7 Å². The van der Waals surface area contributed by atoms with Gasteiger partial charge in [0.05, 0.1) is 0 Å². The molecule has 0 heterocycles. The number of rotatable bonds is 6. The van der Waals surface area contributed by atoms with E-state index in [0.29, 0.717) is 28.5 Å². The number of amides is 1. The van der Waals surface area contributed by atoms with Crippen molar-refractivity contribution in [3.8, 4) is 11.5 Å². The first-order chi connectivity index (χ1) is 13.0. The van der Waals surface area contributed by atoms with Crippen LogP contribution in [0.2, 0.25) is 0 Å². The molecule has 1 N–H and O–H groups in total. The smallest absolute Gasteiger partial charge is 0.251 e. The van der Waals surface area contributed by atoms with Crippen LogP contribution in [0.15, 0.2) is 77.7 Å². The lowest BCUT2D eigenvalue weighted by Gasteiger charge is -2.08. The molecule has 3 rings (SSSR count). The fourth-order valence-electron chi connectivity index (χ4n) is 2.40. The minimum atomic E-state index is -1.06. The Bertz CT molecular complexity index is 939. The summed E-state index contributed by atoms with van der Waals surface area (Å²) in [6.45, 7) is 0.372. The van der Waals surface area contributed by atoms with Crippen LogP contribution in [-0.2, 0) is 17.3 Å². The molecule has 138 valence electrons. The van der Waals surface area contributed by atoms with E-state index in [0.717, 1.165) is 5.56 Å². The number of halogens is 1. The summed E-state index contributed by atoms with van der Waals surface area (Å²) in [5, 5.41) is 2.84. The van der Waals surface area contributed by atoms with Gasteiger partial charge in [-0.15, -0.1) is 0 Å². The summed E-state index contributed by atoms with van der Waals surface area (Å²) in [6.07, 6.45) is 1.60. The van der Waals surface area contributed by atoms with Gasteiger partial charge in [0.15, 0.2) is 0 Å². The van der Waals surface area contributed by atoms with Gasteiger partial charge >= 0.3 is 0 Å². The van der Waals surface area contributed by atoms with Crippen molar-refractivity contribution in [1.82, 2.24) is 5.32 Å². The van der Waals surface area contributed by atoms with Gasteiger partial charge in [0.1, 0.15) is 17.3 Å². The van der Waals surface area contributed by atoms with Gasteiger partial charge in [-0.3, -0.25) is 9.00 Å². The minimum Gasteiger partial charge on any atom is -0.457 e. The van der Waals surface area contributed by atoms with E-state index in [2.05, 4.69) is 5.32 Å². The molecule has 0 saturated carbocycles. The molecule has 27 heavy (non-hydrogen) atoms. The van der Waals surface area contributed by atoms with Gasteiger partial charge in [-0.25, -0.2) is 4.39 Å². The average Bonchev–Trinajstić information content (AvgIpc) is 2.69. The van der Waals surface area contributed by atoms with Crippen LogP contribution in [0.1, 0.15) is 15.9 Å². The van der Waals surface area contributed by atoms with E-state index in [1.54, 1.807) is 54.8 Å². The largest absolute Gasteiger partial charge is 0.457 e. The van der Waals surface area contributed by atoms with E-state index < -0.39 is 10.8 Å². The topological polar surface area (TPSA) is 55.4 Å². The van der Waals surface area contributed by atoms with Crippen molar-refractivity contribution in [2.24, 2.45) is 0 Å². The normalized spacial score (nSPS) is 11.6. The SMILES string of the molecule is CS(=O)c1ccc(C(=O)NCc2ccc(Oc3ccc(F)cc3)cc2)cc1. The first-order valence-corrected chi connectivity index (χ1v) is 9.81. The second-order valence-corrected chi connectivity index (χ2v) is 7.24. The fraction of sp³-hybridized carbons (Fsp3) is 0.0952. The van der Waals surface area contributed by atoms with E-state index in [-0.39, 0.29) is 11.7 Å². The van der Waals surface area contributed by atoms with E-state index in [1.807, 2.05) is 12.1 Å². The van der Waals surface area contributed by atoms with Crippen molar-refractivity contribution in [3.63, 3.8) is 0 Å². The molecule has 0 fully saturated rings. The van der Waals surface area contributed by atoms with Gasteiger partial charge in [0.2, 0.25) is 0 Å². The molecule has 0 aliphatic heterocycles. The zero-order valence-electron chi connectivity index (χ0n) is 14.6. The molecule has 3 aromatic rings. The molecule has 4 nitrogen and oxygen atoms in total. The first-order valence-electron chi connectivity index (χ1n) is 8.25. The first kappa shape index (κ1) is 18.8. The highest BCUT2D eigenvalue weighted by molar-refractivity contribution is 7.84. The zero-order chi connectivity index (χ0) is 19.2. The summed E-state index contributed by atoms with van der Waals surface area (Å²) in [5.41, 5.74) is 1.43. The van der Waals surface area contributed by atoms with Crippen LogP contribution in [-0.4, -0.2) is 16.4 Å². The fourth-order valence-corrected chi connectivity index (χ4v) is 2.92. The third-order valence-corrected chi connectivity index (χ3v) is 4.81. The lowest BCUT2D eigenvalue weighted by atomic mass is 10.2. The van der Waals surface area contributed by atoms with Crippen molar-refractivity contribution in [2.45, 2.75) is 11.4 Å². The molecular formula is C21H18FNO3S. The standard InChI is InChI=1S/C21H18FNO3S/c1-27(25)20-12-4-16(5-13-20)21(24)23-14-15-2-8-18(9-3-15)26-19-10-6-17(22)7-11-19/h2-13H,14H2,1H3,(H,23,24). The highest BCUT2D eigenvalue weighted by atomic mass is 32.2. The molecule has 1 unspecified atom stereocenters. The van der Waals surface area contributed by atoms with Crippen LogP contribution in [0, 0.1) is 5.82 Å². The van der Waals surface area contributed by atoms with Crippen LogP contribution in [0.25, 0.3) is 0 Å². The monoisotopic (exact) mass is 383 g/mol. The van der Waals surface area contributed by atoms with Crippen molar-refractivity contribution >= 4 is 16.7 Å². The number of carbonyl (C=O) groups is 1. The molecule has 0 saturated heterocycles. The zero-order valence-corrected chi connectivity index (χ0v) is 15.5. The van der Waals surface area contributed by atoms with Crippen molar-refractivity contribution in [2.75, 3.05) is 6.26 Å². The molecule has 6 heteroatoms. The number of nitrogens with one attached hydrogen (secondary N) is 1. The molecule has 3 aromatic carbocycles. The Morgan fingerprint density at radius 2 is 1.48 bits per heavy atom. The van der Waals surface area contributed by atoms with Crippen LogP contribution in [0.3, 0.4) is 0 Å². The number of carbonyl (C=O) groups excluding carboxylic acids is 1. The van der Waals surface area contributed by atoms with Crippen molar-refractivity contribution < 1.29 is 18.1 Å². The van der Waals surface area contributed by atoms with Gasteiger partial charge in [0.25, 0.3) is 5.91 Å². The van der Waals surface area contributed by atoms with Crippen LogP contribution < -0.4 is 10.1 Å². The molecule has 0 aliphatic carbocycles. The summed E-state index contributed by atoms with van der Waals surface area (Å²) >= 11 is 0. The molecule has 0 aromatic heterocycles. The summed E-state index contributed by atoms with van der Waals surface area (Å²) in [7, 11) is -1.06. The number of ether oxygens (including phenoxy) is 1. The van der Waals surface area contributed by atoms with E-state index in [1.165, 1.54) is 12.1 Å². The van der Waals surface area contributed by atoms with Crippen LogP contribution in [0.5, 0.6) is 11.5 Å². The van der Waals surface area contributed by atoms with E-state index in [4.69, 9.17) is 4.74 Å². The Kier molecular flexibility index (Phi) is 5.98. The molecular weight excluding hydrogens is 365 g/mol. The maximum atomic E-state index is 12.9. The molecule has 1 amide bonds. The maximum Gasteiger partial charge on any atom is 0.251 e. The number of benzene rings is 3. The van der Waals surface area contributed by atoms with Gasteiger partial charge in [-0.1, -0.05) is 12.1 Å². The third-order valence-electron chi connectivity index (χ3n) is 3.87. The van der Waals surface area contributed by atoms with Gasteiger partial charge in [-0.05, 0) is 66.2 Å². The summed E-state index contributed by atoms with van der Waals surface area (Å²) in [6, 6.07) is 19.8. The minimum absolute atomic E-state index is 0.199. The predicted octanol–water partition coefficient (Wildman–Crippen LogP) is 4.29. The summed E-state index contributed by atoms with van der Waals surface area (Å²) in [5.74, 6) is 0.662. The molecule has 1 atom stereocenters. The highest BCUT2D eigenvalue weighted by Gasteiger charge is 2.06. The second kappa shape index (κ2) is 8.60. The lowest BCUT2D eigenvalue weighted by molar-refractivity contribution is 0.0951. The van der Waals surface area contributed by atoms with Gasteiger partial charge in [0, 0.05) is 34.1 Å². The number of hydrogen-bond acceptors (Lipinski definition) is 3. The lowest BCUT2D eigenvalue weighted by Crippen LogP contribution is -2.22. The van der Waals surface area contributed by atoms with E-state index >= 15 is 0 Å².